The van der Waals surface area contributed by atoms with Crippen molar-refractivity contribution in [2.45, 2.75) is 65.0 Å². The van der Waals surface area contributed by atoms with Crippen molar-refractivity contribution in [2.24, 2.45) is 11.7 Å². The molecule has 21 heavy (non-hydrogen) atoms. The van der Waals surface area contributed by atoms with Gasteiger partial charge in [-0.05, 0) is 39.0 Å². The molecule has 0 saturated heterocycles. The number of hydrogen-bond donors (Lipinski definition) is 1. The number of carbonyl (C=O) groups excluding carboxylic acids is 1. The molecule has 0 aromatic carbocycles. The Labute approximate surface area is 131 Å². The molecule has 3 atom stereocenters. The van der Waals surface area contributed by atoms with Gasteiger partial charge in [-0.15, -0.1) is 11.3 Å². The summed E-state index contributed by atoms with van der Waals surface area (Å²) in [5.41, 5.74) is 7.14. The van der Waals surface area contributed by atoms with Crippen LogP contribution in [0.3, 0.4) is 0 Å². The van der Waals surface area contributed by atoms with Crippen molar-refractivity contribution >= 4 is 17.2 Å². The SMILES string of the molecule is CCc1nc(C)c(C(C)N(C)C(=O)C[C@@H]2CCC[C@H]2N)s1. The van der Waals surface area contributed by atoms with Crippen molar-refractivity contribution < 1.29 is 4.79 Å². The number of amides is 1. The van der Waals surface area contributed by atoms with Crippen molar-refractivity contribution in [3.8, 4) is 0 Å². The lowest BCUT2D eigenvalue weighted by molar-refractivity contribution is -0.132. The number of rotatable bonds is 5. The molecule has 1 saturated carbocycles. The summed E-state index contributed by atoms with van der Waals surface area (Å²) >= 11 is 1.73. The molecular weight excluding hydrogens is 282 g/mol. The van der Waals surface area contributed by atoms with Gasteiger partial charge >= 0.3 is 0 Å². The van der Waals surface area contributed by atoms with E-state index in [-0.39, 0.29) is 18.0 Å². The highest BCUT2D eigenvalue weighted by molar-refractivity contribution is 7.11. The molecule has 1 aliphatic rings. The number of aromatic nitrogens is 1. The van der Waals surface area contributed by atoms with Crippen LogP contribution in [0.5, 0.6) is 0 Å². The van der Waals surface area contributed by atoms with E-state index in [1.165, 1.54) is 4.88 Å². The van der Waals surface area contributed by atoms with Gasteiger partial charge in [0.1, 0.15) is 0 Å². The maximum atomic E-state index is 12.5. The lowest BCUT2D eigenvalue weighted by atomic mass is 9.99. The van der Waals surface area contributed by atoms with E-state index in [2.05, 4.69) is 18.8 Å². The van der Waals surface area contributed by atoms with Gasteiger partial charge in [-0.1, -0.05) is 13.3 Å². The van der Waals surface area contributed by atoms with Crippen LogP contribution in [0.15, 0.2) is 0 Å². The first-order valence-corrected chi connectivity index (χ1v) is 8.73. The van der Waals surface area contributed by atoms with Gasteiger partial charge < -0.3 is 10.6 Å². The fourth-order valence-electron chi connectivity index (χ4n) is 3.08. The van der Waals surface area contributed by atoms with Gasteiger partial charge in [0.05, 0.1) is 16.7 Å². The highest BCUT2D eigenvalue weighted by atomic mass is 32.1. The van der Waals surface area contributed by atoms with Crippen LogP contribution in [0.4, 0.5) is 0 Å². The third kappa shape index (κ3) is 3.64. The van der Waals surface area contributed by atoms with Crippen molar-refractivity contribution in [1.29, 1.82) is 0 Å². The lowest BCUT2D eigenvalue weighted by Crippen LogP contribution is -2.34. The van der Waals surface area contributed by atoms with E-state index in [0.717, 1.165) is 36.4 Å². The van der Waals surface area contributed by atoms with Gasteiger partial charge in [0.2, 0.25) is 5.91 Å². The molecule has 4 nitrogen and oxygen atoms in total. The molecule has 0 radical (unpaired) electrons. The molecule has 5 heteroatoms. The molecular formula is C16H27N3OS. The Kier molecular flexibility index (Phi) is 5.38. The van der Waals surface area contributed by atoms with Crippen LogP contribution in [-0.2, 0) is 11.2 Å². The van der Waals surface area contributed by atoms with Crippen LogP contribution < -0.4 is 5.73 Å². The number of nitrogens with two attached hydrogens (primary N) is 1. The van der Waals surface area contributed by atoms with Crippen LogP contribution in [0.2, 0.25) is 0 Å². The molecule has 1 aromatic rings. The second-order valence-corrected chi connectivity index (χ2v) is 7.27. The van der Waals surface area contributed by atoms with E-state index >= 15 is 0 Å². The Morgan fingerprint density at radius 1 is 1.52 bits per heavy atom. The minimum absolute atomic E-state index is 0.0907. The van der Waals surface area contributed by atoms with E-state index in [4.69, 9.17) is 5.73 Å². The summed E-state index contributed by atoms with van der Waals surface area (Å²) in [6.07, 6.45) is 4.85. The zero-order valence-corrected chi connectivity index (χ0v) is 14.4. The first-order chi connectivity index (χ1) is 9.93. The Hall–Kier alpha value is -0.940. The highest BCUT2D eigenvalue weighted by Crippen LogP contribution is 2.31. The van der Waals surface area contributed by atoms with E-state index in [1.807, 2.05) is 18.9 Å². The molecule has 0 aliphatic heterocycles. The maximum Gasteiger partial charge on any atom is 0.223 e. The zero-order chi connectivity index (χ0) is 15.6. The summed E-state index contributed by atoms with van der Waals surface area (Å²) in [7, 11) is 1.90. The van der Waals surface area contributed by atoms with E-state index in [1.54, 1.807) is 11.3 Å². The monoisotopic (exact) mass is 309 g/mol. The third-order valence-corrected chi connectivity index (χ3v) is 6.16. The topological polar surface area (TPSA) is 59.2 Å². The van der Waals surface area contributed by atoms with Crippen LogP contribution >= 0.6 is 11.3 Å². The molecule has 1 aromatic heterocycles. The van der Waals surface area contributed by atoms with Crippen molar-refractivity contribution in [1.82, 2.24) is 9.88 Å². The minimum atomic E-state index is 0.0907. The summed E-state index contributed by atoms with van der Waals surface area (Å²) in [6.45, 7) is 6.24. The number of nitrogens with zero attached hydrogens (tertiary/aromatic N) is 2. The van der Waals surface area contributed by atoms with Gasteiger partial charge in [0.25, 0.3) is 0 Å². The average molecular weight is 309 g/mol. The predicted octanol–water partition coefficient (Wildman–Crippen LogP) is 3.05. The standard InChI is InChI=1S/C16H27N3OS/c1-5-14-18-10(2)16(21-14)11(3)19(4)15(20)9-12-7-6-8-13(12)17/h11-13H,5-9,17H2,1-4H3/t11?,12-,13+/m0/s1. The quantitative estimate of drug-likeness (QED) is 0.909. The molecule has 1 unspecified atom stereocenters. The second kappa shape index (κ2) is 6.88. The molecule has 1 heterocycles. The Morgan fingerprint density at radius 2 is 2.24 bits per heavy atom. The first kappa shape index (κ1) is 16.4. The number of thiazole rings is 1. The normalized spacial score (nSPS) is 23.3. The first-order valence-electron chi connectivity index (χ1n) is 7.91. The fraction of sp³-hybridized carbons (Fsp3) is 0.750. The molecule has 0 spiro atoms. The minimum Gasteiger partial charge on any atom is -0.338 e. The third-order valence-electron chi connectivity index (χ3n) is 4.69. The van der Waals surface area contributed by atoms with E-state index in [0.29, 0.717) is 12.3 Å². The highest BCUT2D eigenvalue weighted by Gasteiger charge is 2.29. The lowest BCUT2D eigenvalue weighted by Gasteiger charge is -2.26. The number of carbonyl (C=O) groups is 1. The average Bonchev–Trinajstić information content (AvgIpc) is 3.03. The van der Waals surface area contributed by atoms with Gasteiger partial charge in [0.15, 0.2) is 0 Å². The summed E-state index contributed by atoms with van der Waals surface area (Å²) in [5, 5.41) is 1.15. The molecule has 1 amide bonds. The summed E-state index contributed by atoms with van der Waals surface area (Å²) in [5.74, 6) is 0.566. The summed E-state index contributed by atoms with van der Waals surface area (Å²) < 4.78 is 0. The largest absolute Gasteiger partial charge is 0.338 e. The van der Waals surface area contributed by atoms with Gasteiger partial charge in [-0.3, -0.25) is 4.79 Å². The van der Waals surface area contributed by atoms with Crippen LogP contribution in [-0.4, -0.2) is 28.9 Å². The van der Waals surface area contributed by atoms with Gasteiger partial charge in [-0.2, -0.15) is 0 Å². The van der Waals surface area contributed by atoms with Crippen LogP contribution in [0.1, 0.15) is 61.2 Å². The fourth-order valence-corrected chi connectivity index (χ4v) is 4.19. The van der Waals surface area contributed by atoms with Crippen molar-refractivity contribution in [3.63, 3.8) is 0 Å². The number of aryl methyl sites for hydroxylation is 2. The van der Waals surface area contributed by atoms with Crippen LogP contribution in [0.25, 0.3) is 0 Å². The Bertz CT molecular complexity index is 500. The van der Waals surface area contributed by atoms with Gasteiger partial charge in [-0.25, -0.2) is 4.98 Å². The number of hydrogen-bond acceptors (Lipinski definition) is 4. The van der Waals surface area contributed by atoms with Gasteiger partial charge in [0, 0.05) is 24.4 Å². The molecule has 1 aliphatic carbocycles. The Balaban J connectivity index is 2.02. The zero-order valence-electron chi connectivity index (χ0n) is 13.6. The maximum absolute atomic E-state index is 12.5. The van der Waals surface area contributed by atoms with Crippen molar-refractivity contribution in [2.75, 3.05) is 7.05 Å². The van der Waals surface area contributed by atoms with E-state index < -0.39 is 0 Å². The van der Waals surface area contributed by atoms with Crippen molar-refractivity contribution in [3.05, 3.63) is 15.6 Å². The molecule has 0 bridgehead atoms. The summed E-state index contributed by atoms with van der Waals surface area (Å²) in [4.78, 5) is 20.1. The molecule has 118 valence electrons. The van der Waals surface area contributed by atoms with E-state index in [9.17, 15) is 4.79 Å². The second-order valence-electron chi connectivity index (χ2n) is 6.15. The summed E-state index contributed by atoms with van der Waals surface area (Å²) in [6, 6.07) is 0.294. The molecule has 2 N–H and O–H groups in total. The Morgan fingerprint density at radius 3 is 2.76 bits per heavy atom. The van der Waals surface area contributed by atoms with Crippen LogP contribution in [0, 0.1) is 12.8 Å². The predicted molar refractivity (Wildman–Crippen MR) is 87.3 cm³/mol. The molecule has 1 fully saturated rings. The molecule has 2 rings (SSSR count). The smallest absolute Gasteiger partial charge is 0.223 e.